The highest BCUT2D eigenvalue weighted by molar-refractivity contribution is 5.82. The average Bonchev–Trinajstić information content (AvgIpc) is 2.46. The SMILES string of the molecule is COC1(CNc2ccc3cc([N+](=O)[O-])ccc3n2)CCC1. The van der Waals surface area contributed by atoms with Crippen LogP contribution in [-0.4, -0.2) is 29.2 Å². The van der Waals surface area contributed by atoms with E-state index in [4.69, 9.17) is 4.74 Å². The van der Waals surface area contributed by atoms with E-state index in [9.17, 15) is 10.1 Å². The first-order valence-corrected chi connectivity index (χ1v) is 6.96. The van der Waals surface area contributed by atoms with E-state index in [0.29, 0.717) is 0 Å². The fraction of sp³-hybridized carbons (Fsp3) is 0.400. The van der Waals surface area contributed by atoms with E-state index in [1.807, 2.05) is 12.1 Å². The van der Waals surface area contributed by atoms with Gasteiger partial charge in [-0.2, -0.15) is 0 Å². The molecule has 1 fully saturated rings. The third kappa shape index (κ3) is 2.67. The molecule has 0 spiro atoms. The van der Waals surface area contributed by atoms with Gasteiger partial charge in [-0.05, 0) is 37.5 Å². The minimum Gasteiger partial charge on any atom is -0.376 e. The summed E-state index contributed by atoms with van der Waals surface area (Å²) in [6.07, 6.45) is 3.33. The van der Waals surface area contributed by atoms with Gasteiger partial charge < -0.3 is 10.1 Å². The highest BCUT2D eigenvalue weighted by Crippen LogP contribution is 2.35. The van der Waals surface area contributed by atoms with Gasteiger partial charge in [0.1, 0.15) is 5.82 Å². The van der Waals surface area contributed by atoms with Crippen LogP contribution in [-0.2, 0) is 4.74 Å². The van der Waals surface area contributed by atoms with Crippen molar-refractivity contribution >= 4 is 22.4 Å². The summed E-state index contributed by atoms with van der Waals surface area (Å²) < 4.78 is 5.56. The van der Waals surface area contributed by atoms with Crippen LogP contribution in [0.5, 0.6) is 0 Å². The highest BCUT2D eigenvalue weighted by Gasteiger charge is 2.36. The van der Waals surface area contributed by atoms with Crippen molar-refractivity contribution in [3.05, 3.63) is 40.4 Å². The molecule has 6 heteroatoms. The number of hydrogen-bond acceptors (Lipinski definition) is 5. The second-order valence-electron chi connectivity index (χ2n) is 5.42. The lowest BCUT2D eigenvalue weighted by molar-refractivity contribution is -0.384. The molecule has 1 saturated carbocycles. The summed E-state index contributed by atoms with van der Waals surface area (Å²) in [5.74, 6) is 0.764. The maximum atomic E-state index is 10.8. The largest absolute Gasteiger partial charge is 0.376 e. The lowest BCUT2D eigenvalue weighted by atomic mass is 9.80. The molecule has 1 aromatic carbocycles. The number of nitro groups is 1. The van der Waals surface area contributed by atoms with Crippen molar-refractivity contribution in [1.29, 1.82) is 0 Å². The number of nitro benzene ring substituents is 1. The Morgan fingerprint density at radius 2 is 2.19 bits per heavy atom. The zero-order chi connectivity index (χ0) is 14.9. The van der Waals surface area contributed by atoms with Crippen molar-refractivity contribution in [1.82, 2.24) is 4.98 Å². The zero-order valence-electron chi connectivity index (χ0n) is 11.8. The molecule has 1 aliphatic carbocycles. The number of methoxy groups -OCH3 is 1. The number of non-ortho nitro benzene ring substituents is 1. The number of pyridine rings is 1. The normalized spacial score (nSPS) is 16.4. The Morgan fingerprint density at radius 1 is 1.38 bits per heavy atom. The van der Waals surface area contributed by atoms with Crippen molar-refractivity contribution in [3.63, 3.8) is 0 Å². The molecule has 0 atom stereocenters. The maximum Gasteiger partial charge on any atom is 0.270 e. The van der Waals surface area contributed by atoms with E-state index >= 15 is 0 Å². The Hall–Kier alpha value is -2.21. The molecule has 0 bridgehead atoms. The van der Waals surface area contributed by atoms with E-state index in [1.165, 1.54) is 18.6 Å². The van der Waals surface area contributed by atoms with Crippen LogP contribution in [0.3, 0.4) is 0 Å². The molecule has 2 aromatic rings. The van der Waals surface area contributed by atoms with E-state index < -0.39 is 4.92 Å². The molecule has 0 amide bonds. The van der Waals surface area contributed by atoms with Crippen LogP contribution >= 0.6 is 0 Å². The summed E-state index contributed by atoms with van der Waals surface area (Å²) in [6.45, 7) is 0.731. The number of aromatic nitrogens is 1. The molecular formula is C15H17N3O3. The number of nitrogens with zero attached hydrogens (tertiary/aromatic N) is 2. The van der Waals surface area contributed by atoms with Crippen molar-refractivity contribution in [3.8, 4) is 0 Å². The summed E-state index contributed by atoms with van der Waals surface area (Å²) in [5.41, 5.74) is 0.759. The number of anilines is 1. The van der Waals surface area contributed by atoms with Crippen LogP contribution in [0.15, 0.2) is 30.3 Å². The predicted octanol–water partition coefficient (Wildman–Crippen LogP) is 3.12. The number of hydrogen-bond donors (Lipinski definition) is 1. The van der Waals surface area contributed by atoms with Gasteiger partial charge in [-0.25, -0.2) is 4.98 Å². The molecule has 1 aliphatic rings. The molecular weight excluding hydrogens is 270 g/mol. The molecule has 0 unspecified atom stereocenters. The van der Waals surface area contributed by atoms with E-state index in [-0.39, 0.29) is 11.3 Å². The molecule has 1 heterocycles. The summed E-state index contributed by atoms with van der Waals surface area (Å²) in [5, 5.41) is 14.8. The van der Waals surface area contributed by atoms with Crippen LogP contribution < -0.4 is 5.32 Å². The van der Waals surface area contributed by atoms with Crippen molar-refractivity contribution in [2.45, 2.75) is 24.9 Å². The fourth-order valence-corrected chi connectivity index (χ4v) is 2.60. The molecule has 110 valence electrons. The minimum atomic E-state index is -0.398. The second kappa shape index (κ2) is 5.29. The monoisotopic (exact) mass is 287 g/mol. The van der Waals surface area contributed by atoms with Crippen LogP contribution in [0.2, 0.25) is 0 Å². The summed E-state index contributed by atoms with van der Waals surface area (Å²) in [4.78, 5) is 14.8. The Labute approximate surface area is 122 Å². The smallest absolute Gasteiger partial charge is 0.270 e. The molecule has 1 N–H and O–H groups in total. The quantitative estimate of drug-likeness (QED) is 0.675. The Morgan fingerprint density at radius 3 is 2.81 bits per heavy atom. The molecule has 0 aliphatic heterocycles. The van der Waals surface area contributed by atoms with Gasteiger partial charge in [-0.3, -0.25) is 10.1 Å². The topological polar surface area (TPSA) is 77.3 Å². The average molecular weight is 287 g/mol. The third-order valence-corrected chi connectivity index (χ3v) is 4.17. The van der Waals surface area contributed by atoms with Crippen molar-refractivity contribution < 1.29 is 9.66 Å². The standard InChI is InChI=1S/C15H17N3O3/c1-21-15(7-2-8-15)10-16-14-6-3-11-9-12(18(19)20)4-5-13(11)17-14/h3-6,9H,2,7-8,10H2,1H3,(H,16,17). The van der Waals surface area contributed by atoms with Crippen molar-refractivity contribution in [2.75, 3.05) is 19.0 Å². The summed E-state index contributed by atoms with van der Waals surface area (Å²) in [7, 11) is 1.74. The summed E-state index contributed by atoms with van der Waals surface area (Å²) >= 11 is 0. The van der Waals surface area contributed by atoms with Gasteiger partial charge in [0, 0.05) is 31.2 Å². The van der Waals surface area contributed by atoms with E-state index in [1.54, 1.807) is 13.2 Å². The van der Waals surface area contributed by atoms with Gasteiger partial charge in [0.25, 0.3) is 5.69 Å². The Bertz CT molecular complexity index is 677. The van der Waals surface area contributed by atoms with Gasteiger partial charge in [-0.15, -0.1) is 0 Å². The predicted molar refractivity (Wildman–Crippen MR) is 80.5 cm³/mol. The van der Waals surface area contributed by atoms with Crippen LogP contribution in [0, 0.1) is 10.1 Å². The minimum absolute atomic E-state index is 0.0634. The number of benzene rings is 1. The van der Waals surface area contributed by atoms with Gasteiger partial charge >= 0.3 is 0 Å². The van der Waals surface area contributed by atoms with Gasteiger partial charge in [0.05, 0.1) is 16.0 Å². The molecule has 21 heavy (non-hydrogen) atoms. The molecule has 3 rings (SSSR count). The number of nitrogens with one attached hydrogen (secondary N) is 1. The lowest BCUT2D eigenvalue weighted by Crippen LogP contribution is -2.45. The zero-order valence-corrected chi connectivity index (χ0v) is 11.8. The first kappa shape index (κ1) is 13.8. The number of fused-ring (bicyclic) bond motifs is 1. The molecule has 1 aromatic heterocycles. The highest BCUT2D eigenvalue weighted by atomic mass is 16.6. The number of rotatable bonds is 5. The lowest BCUT2D eigenvalue weighted by Gasteiger charge is -2.40. The van der Waals surface area contributed by atoms with Crippen LogP contribution in [0.1, 0.15) is 19.3 Å². The van der Waals surface area contributed by atoms with E-state index in [0.717, 1.165) is 36.1 Å². The Kier molecular flexibility index (Phi) is 3.47. The molecule has 0 radical (unpaired) electrons. The van der Waals surface area contributed by atoms with Crippen LogP contribution in [0.25, 0.3) is 10.9 Å². The van der Waals surface area contributed by atoms with Crippen LogP contribution in [0.4, 0.5) is 11.5 Å². The molecule has 0 saturated heterocycles. The van der Waals surface area contributed by atoms with E-state index in [2.05, 4.69) is 10.3 Å². The maximum absolute atomic E-state index is 10.8. The first-order chi connectivity index (χ1) is 10.1. The third-order valence-electron chi connectivity index (χ3n) is 4.17. The second-order valence-corrected chi connectivity index (χ2v) is 5.42. The van der Waals surface area contributed by atoms with Gasteiger partial charge in [0.15, 0.2) is 0 Å². The fourth-order valence-electron chi connectivity index (χ4n) is 2.60. The van der Waals surface area contributed by atoms with Gasteiger partial charge in [-0.1, -0.05) is 0 Å². The number of ether oxygens (including phenoxy) is 1. The van der Waals surface area contributed by atoms with Gasteiger partial charge in [0.2, 0.25) is 0 Å². The Balaban J connectivity index is 1.78. The summed E-state index contributed by atoms with van der Waals surface area (Å²) in [6, 6.07) is 8.37. The molecule has 6 nitrogen and oxygen atoms in total. The first-order valence-electron chi connectivity index (χ1n) is 6.96. The van der Waals surface area contributed by atoms with Crippen molar-refractivity contribution in [2.24, 2.45) is 0 Å².